The van der Waals surface area contributed by atoms with Crippen LogP contribution in [0.1, 0.15) is 60.8 Å². The molecule has 3 heterocycles. The molecule has 166 valence electrons. The summed E-state index contributed by atoms with van der Waals surface area (Å²) in [6.07, 6.45) is 8.24. The summed E-state index contributed by atoms with van der Waals surface area (Å²) < 4.78 is 27.3. The largest absolute Gasteiger partial charge is 0.318 e. The number of benzene rings is 1. The molecule has 0 spiro atoms. The van der Waals surface area contributed by atoms with E-state index in [9.17, 15) is 13.2 Å². The maximum absolute atomic E-state index is 12.7. The van der Waals surface area contributed by atoms with Crippen LogP contribution in [-0.4, -0.2) is 42.0 Å². The van der Waals surface area contributed by atoms with Crippen molar-refractivity contribution in [2.75, 3.05) is 22.5 Å². The van der Waals surface area contributed by atoms with Crippen molar-refractivity contribution >= 4 is 55.0 Å². The number of thioether (sulfide) groups is 1. The second-order valence-electron chi connectivity index (χ2n) is 7.57. The van der Waals surface area contributed by atoms with Gasteiger partial charge in [0.2, 0.25) is 5.13 Å². The first-order valence-electron chi connectivity index (χ1n) is 10.5. The third-order valence-electron chi connectivity index (χ3n) is 5.17. The molecule has 0 unspecified atom stereocenters. The van der Waals surface area contributed by atoms with E-state index in [4.69, 9.17) is 0 Å². The average Bonchev–Trinajstić information content (AvgIpc) is 3.32. The molecule has 4 rings (SSSR count). The number of carbonyl (C=O) groups is 1. The number of aryl methyl sites for hydroxylation is 1. The van der Waals surface area contributed by atoms with E-state index in [-0.39, 0.29) is 11.7 Å². The first-order valence-corrected chi connectivity index (χ1v) is 13.8. The van der Waals surface area contributed by atoms with Crippen molar-refractivity contribution in [3.05, 3.63) is 28.8 Å². The number of unbranched alkanes of at least 4 members (excludes halogenated alkanes) is 5. The zero-order valence-corrected chi connectivity index (χ0v) is 19.8. The van der Waals surface area contributed by atoms with Crippen molar-refractivity contribution in [1.82, 2.24) is 10.2 Å². The molecule has 1 amide bonds. The third-order valence-corrected chi connectivity index (χ3v) is 8.37. The highest BCUT2D eigenvalue weighted by Gasteiger charge is 2.33. The number of sulfonamides is 1. The third kappa shape index (κ3) is 5.45. The Morgan fingerprint density at radius 2 is 1.97 bits per heavy atom. The Balaban J connectivity index is 1.34. The van der Waals surface area contributed by atoms with Crippen molar-refractivity contribution < 1.29 is 13.2 Å². The monoisotopic (exact) mass is 479 g/mol. The number of rotatable bonds is 9. The lowest BCUT2D eigenvalue weighted by atomic mass is 10.1. The first kappa shape index (κ1) is 22.2. The molecule has 2 aliphatic rings. The summed E-state index contributed by atoms with van der Waals surface area (Å²) in [5, 5.41) is 13.0. The summed E-state index contributed by atoms with van der Waals surface area (Å²) in [5.74, 6) is -0.262. The smallest absolute Gasteiger partial charge is 0.257 e. The number of hydrogen-bond donors (Lipinski definition) is 1. The van der Waals surface area contributed by atoms with E-state index in [1.54, 1.807) is 12.1 Å². The molecule has 0 fully saturated rings. The SMILES string of the molecule is CCCCCCCCc1nnc(NC(=O)c2ccc3c(c2)SC2=NS(=O)(=O)CCN23)s1. The normalized spacial score (nSPS) is 16.5. The minimum atomic E-state index is -3.40. The topological polar surface area (TPSA) is 105 Å². The summed E-state index contributed by atoms with van der Waals surface area (Å²) in [6, 6.07) is 5.34. The van der Waals surface area contributed by atoms with Crippen LogP contribution >= 0.6 is 23.1 Å². The molecular formula is C20H25N5O3S3. The quantitative estimate of drug-likeness (QED) is 0.535. The number of nitrogens with zero attached hydrogens (tertiary/aromatic N) is 4. The maximum Gasteiger partial charge on any atom is 0.257 e. The lowest BCUT2D eigenvalue weighted by Gasteiger charge is -2.22. The molecule has 0 radical (unpaired) electrons. The van der Waals surface area contributed by atoms with E-state index in [1.165, 1.54) is 55.2 Å². The lowest BCUT2D eigenvalue weighted by molar-refractivity contribution is 0.102. The van der Waals surface area contributed by atoms with Crippen LogP contribution < -0.4 is 10.2 Å². The standard InChI is InChI=1S/C20H25N5O3S3/c1-2-3-4-5-6-7-8-17-22-23-19(30-17)21-18(26)14-9-10-15-16(13-14)29-20-24-31(27,28)12-11-25(15)20/h9-10,13H,2-8,11-12H2,1H3,(H,21,23,26). The number of aromatic nitrogens is 2. The van der Waals surface area contributed by atoms with E-state index >= 15 is 0 Å². The molecule has 0 atom stereocenters. The zero-order chi connectivity index (χ0) is 21.8. The summed E-state index contributed by atoms with van der Waals surface area (Å²) in [5.41, 5.74) is 1.37. The van der Waals surface area contributed by atoms with Gasteiger partial charge in [0.05, 0.1) is 11.4 Å². The van der Waals surface area contributed by atoms with Crippen LogP contribution in [0.3, 0.4) is 0 Å². The van der Waals surface area contributed by atoms with Crippen molar-refractivity contribution in [3.8, 4) is 0 Å². The van der Waals surface area contributed by atoms with Gasteiger partial charge < -0.3 is 4.90 Å². The van der Waals surface area contributed by atoms with Gasteiger partial charge in [0.15, 0.2) is 5.17 Å². The van der Waals surface area contributed by atoms with Gasteiger partial charge in [-0.2, -0.15) is 0 Å². The molecule has 0 aliphatic carbocycles. The number of nitrogens with one attached hydrogen (secondary N) is 1. The highest BCUT2D eigenvalue weighted by molar-refractivity contribution is 8.15. The molecule has 11 heteroatoms. The number of carbonyl (C=O) groups excluding carboxylic acids is 1. The van der Waals surface area contributed by atoms with Gasteiger partial charge in [-0.05, 0) is 36.4 Å². The molecule has 31 heavy (non-hydrogen) atoms. The number of hydrogen-bond acceptors (Lipinski definition) is 8. The predicted octanol–water partition coefficient (Wildman–Crippen LogP) is 4.30. The summed E-state index contributed by atoms with van der Waals surface area (Å²) in [7, 11) is -3.40. The minimum absolute atomic E-state index is 0.00312. The van der Waals surface area contributed by atoms with Crippen LogP contribution in [0.2, 0.25) is 0 Å². The zero-order valence-electron chi connectivity index (χ0n) is 17.3. The maximum atomic E-state index is 12.7. The second kappa shape index (κ2) is 9.66. The van der Waals surface area contributed by atoms with Crippen LogP contribution in [0.5, 0.6) is 0 Å². The summed E-state index contributed by atoms with van der Waals surface area (Å²) in [4.78, 5) is 15.4. The molecule has 2 aromatic rings. The van der Waals surface area contributed by atoms with Crippen LogP contribution in [0.15, 0.2) is 27.5 Å². The van der Waals surface area contributed by atoms with Gasteiger partial charge in [-0.25, -0.2) is 8.42 Å². The van der Waals surface area contributed by atoms with Crippen LogP contribution in [-0.2, 0) is 16.4 Å². The molecular weight excluding hydrogens is 454 g/mol. The fourth-order valence-corrected chi connectivity index (χ4v) is 6.58. The average molecular weight is 480 g/mol. The van der Waals surface area contributed by atoms with Gasteiger partial charge in [0.1, 0.15) is 5.01 Å². The van der Waals surface area contributed by atoms with Gasteiger partial charge in [-0.15, -0.1) is 14.6 Å². The lowest BCUT2D eigenvalue weighted by Crippen LogP contribution is -2.35. The Labute approximate surface area is 190 Å². The number of amides is 1. The fourth-order valence-electron chi connectivity index (χ4n) is 3.50. The molecule has 0 saturated carbocycles. The Morgan fingerprint density at radius 1 is 1.16 bits per heavy atom. The Hall–Kier alpha value is -1.98. The van der Waals surface area contributed by atoms with Crippen molar-refractivity contribution in [2.45, 2.75) is 56.8 Å². The van der Waals surface area contributed by atoms with Crippen LogP contribution in [0.4, 0.5) is 10.8 Å². The number of fused-ring (bicyclic) bond motifs is 3. The molecule has 0 bridgehead atoms. The Kier molecular flexibility index (Phi) is 6.92. The Bertz CT molecular complexity index is 1100. The first-order chi connectivity index (χ1) is 14.9. The summed E-state index contributed by atoms with van der Waals surface area (Å²) >= 11 is 2.68. The van der Waals surface area contributed by atoms with E-state index in [0.717, 1.165) is 28.4 Å². The van der Waals surface area contributed by atoms with Gasteiger partial charge >= 0.3 is 0 Å². The fraction of sp³-hybridized carbons (Fsp3) is 0.500. The molecule has 0 saturated heterocycles. The van der Waals surface area contributed by atoms with E-state index in [0.29, 0.717) is 22.4 Å². The van der Waals surface area contributed by atoms with E-state index in [2.05, 4.69) is 26.8 Å². The van der Waals surface area contributed by atoms with Crippen molar-refractivity contribution in [3.63, 3.8) is 0 Å². The van der Waals surface area contributed by atoms with Gasteiger partial charge in [0, 0.05) is 23.4 Å². The highest BCUT2D eigenvalue weighted by Crippen LogP contribution is 2.42. The van der Waals surface area contributed by atoms with Gasteiger partial charge in [0.25, 0.3) is 15.9 Å². The van der Waals surface area contributed by atoms with E-state index < -0.39 is 10.0 Å². The van der Waals surface area contributed by atoms with Crippen LogP contribution in [0, 0.1) is 0 Å². The van der Waals surface area contributed by atoms with Gasteiger partial charge in [-0.3, -0.25) is 10.1 Å². The van der Waals surface area contributed by atoms with Crippen molar-refractivity contribution in [2.24, 2.45) is 4.40 Å². The predicted molar refractivity (Wildman–Crippen MR) is 126 cm³/mol. The summed E-state index contributed by atoms with van der Waals surface area (Å²) in [6.45, 7) is 2.59. The van der Waals surface area contributed by atoms with Crippen molar-refractivity contribution in [1.29, 1.82) is 0 Å². The van der Waals surface area contributed by atoms with Gasteiger partial charge in [-0.1, -0.05) is 50.4 Å². The van der Waals surface area contributed by atoms with Crippen LogP contribution in [0.25, 0.3) is 0 Å². The molecule has 8 nitrogen and oxygen atoms in total. The minimum Gasteiger partial charge on any atom is -0.318 e. The Morgan fingerprint density at radius 3 is 2.81 bits per heavy atom. The second-order valence-corrected chi connectivity index (χ2v) is 11.4. The van der Waals surface area contributed by atoms with E-state index in [1.807, 2.05) is 11.0 Å². The molecule has 2 aliphatic heterocycles. The molecule has 1 aromatic heterocycles. The number of anilines is 2. The molecule has 1 N–H and O–H groups in total. The molecule has 1 aromatic carbocycles. The number of amidine groups is 1. The highest BCUT2D eigenvalue weighted by atomic mass is 32.2.